The van der Waals surface area contributed by atoms with Gasteiger partial charge in [0.1, 0.15) is 0 Å². The molecule has 0 radical (unpaired) electrons. The van der Waals surface area contributed by atoms with E-state index in [2.05, 4.69) is 20.8 Å². The second-order valence-electron chi connectivity index (χ2n) is 6.69. The lowest BCUT2D eigenvalue weighted by atomic mass is 9.53. The molecule has 15 heavy (non-hydrogen) atoms. The molecule has 2 aliphatic rings. The zero-order valence-corrected chi connectivity index (χ0v) is 10.9. The number of hydrogen-bond donors (Lipinski definition) is 0. The molecule has 0 heterocycles. The predicted molar refractivity (Wildman–Crippen MR) is 66.9 cm³/mol. The second kappa shape index (κ2) is 4.47. The summed E-state index contributed by atoms with van der Waals surface area (Å²) < 4.78 is 0. The Morgan fingerprint density at radius 3 is 1.73 bits per heavy atom. The van der Waals surface area contributed by atoms with Crippen molar-refractivity contribution in [2.75, 3.05) is 0 Å². The van der Waals surface area contributed by atoms with Crippen molar-refractivity contribution in [2.45, 2.75) is 72.1 Å². The highest BCUT2D eigenvalue weighted by molar-refractivity contribution is 4.95. The standard InChI is InChI=1S/C15H28/c1-12(2)10-11-15(3,13-6-4-7-13)14-8-5-9-14/h12-14H,4-11H2,1-3H3. The van der Waals surface area contributed by atoms with Gasteiger partial charge in [0.25, 0.3) is 0 Å². The van der Waals surface area contributed by atoms with Crippen molar-refractivity contribution in [3.05, 3.63) is 0 Å². The fourth-order valence-electron chi connectivity index (χ4n) is 3.48. The van der Waals surface area contributed by atoms with Crippen molar-refractivity contribution in [3.8, 4) is 0 Å². The third-order valence-corrected chi connectivity index (χ3v) is 5.34. The molecular formula is C15H28. The summed E-state index contributed by atoms with van der Waals surface area (Å²) in [4.78, 5) is 0. The topological polar surface area (TPSA) is 0 Å². The van der Waals surface area contributed by atoms with Crippen LogP contribution in [0.15, 0.2) is 0 Å². The molecule has 2 saturated carbocycles. The highest BCUT2D eigenvalue weighted by Crippen LogP contribution is 2.55. The van der Waals surface area contributed by atoms with Crippen LogP contribution in [-0.2, 0) is 0 Å². The molecule has 0 nitrogen and oxygen atoms in total. The second-order valence-corrected chi connectivity index (χ2v) is 6.69. The van der Waals surface area contributed by atoms with Gasteiger partial charge in [0, 0.05) is 0 Å². The van der Waals surface area contributed by atoms with Crippen molar-refractivity contribution in [2.24, 2.45) is 23.2 Å². The van der Waals surface area contributed by atoms with Crippen LogP contribution in [0.3, 0.4) is 0 Å². The van der Waals surface area contributed by atoms with Gasteiger partial charge in [0.2, 0.25) is 0 Å². The molecule has 2 fully saturated rings. The smallest absolute Gasteiger partial charge is 0.0269 e. The van der Waals surface area contributed by atoms with Crippen LogP contribution in [0.5, 0.6) is 0 Å². The number of hydrogen-bond acceptors (Lipinski definition) is 0. The van der Waals surface area contributed by atoms with Crippen LogP contribution in [-0.4, -0.2) is 0 Å². The molecule has 0 aromatic rings. The summed E-state index contributed by atoms with van der Waals surface area (Å²) in [5, 5.41) is 0. The fraction of sp³-hybridized carbons (Fsp3) is 1.00. The molecule has 0 atom stereocenters. The molecule has 0 amide bonds. The average molecular weight is 208 g/mol. The number of rotatable bonds is 5. The van der Waals surface area contributed by atoms with Crippen LogP contribution in [0.4, 0.5) is 0 Å². The molecule has 2 aliphatic carbocycles. The van der Waals surface area contributed by atoms with E-state index in [1.165, 1.54) is 51.4 Å². The van der Waals surface area contributed by atoms with Crippen molar-refractivity contribution >= 4 is 0 Å². The predicted octanol–water partition coefficient (Wildman–Crippen LogP) is 5.03. The first-order valence-electron chi connectivity index (χ1n) is 7.13. The first-order chi connectivity index (χ1) is 7.13. The Balaban J connectivity index is 1.93. The molecule has 0 aromatic heterocycles. The highest BCUT2D eigenvalue weighted by atomic mass is 14.5. The maximum Gasteiger partial charge on any atom is -0.0269 e. The van der Waals surface area contributed by atoms with Crippen molar-refractivity contribution in [1.29, 1.82) is 0 Å². The minimum atomic E-state index is 0.723. The molecule has 0 unspecified atom stereocenters. The summed E-state index contributed by atoms with van der Waals surface area (Å²) in [6, 6.07) is 0. The summed E-state index contributed by atoms with van der Waals surface area (Å²) >= 11 is 0. The molecule has 0 aliphatic heterocycles. The van der Waals surface area contributed by atoms with Crippen molar-refractivity contribution < 1.29 is 0 Å². The Bertz CT molecular complexity index is 182. The van der Waals surface area contributed by atoms with Gasteiger partial charge in [-0.15, -0.1) is 0 Å². The van der Waals surface area contributed by atoms with E-state index in [-0.39, 0.29) is 0 Å². The van der Waals surface area contributed by atoms with Gasteiger partial charge in [-0.05, 0) is 55.3 Å². The Morgan fingerprint density at radius 2 is 1.47 bits per heavy atom. The molecule has 0 spiro atoms. The summed E-state index contributed by atoms with van der Waals surface area (Å²) in [6.45, 7) is 7.37. The molecule has 0 saturated heterocycles. The Labute approximate surface area is 95.8 Å². The van der Waals surface area contributed by atoms with Gasteiger partial charge in [-0.1, -0.05) is 40.0 Å². The molecule has 0 aromatic carbocycles. The van der Waals surface area contributed by atoms with Gasteiger partial charge >= 0.3 is 0 Å². The molecular weight excluding hydrogens is 180 g/mol. The summed E-state index contributed by atoms with van der Waals surface area (Å²) in [7, 11) is 0. The van der Waals surface area contributed by atoms with E-state index in [4.69, 9.17) is 0 Å². The van der Waals surface area contributed by atoms with Gasteiger partial charge in [0.15, 0.2) is 0 Å². The summed E-state index contributed by atoms with van der Waals surface area (Å²) in [5.74, 6) is 3.06. The monoisotopic (exact) mass is 208 g/mol. The molecule has 0 N–H and O–H groups in total. The van der Waals surface area contributed by atoms with Crippen LogP contribution in [0.2, 0.25) is 0 Å². The fourth-order valence-corrected chi connectivity index (χ4v) is 3.48. The van der Waals surface area contributed by atoms with Gasteiger partial charge in [-0.25, -0.2) is 0 Å². The molecule has 0 heteroatoms. The largest absolute Gasteiger partial charge is 0.0628 e. The molecule has 0 bridgehead atoms. The van der Waals surface area contributed by atoms with E-state index in [0.717, 1.165) is 23.2 Å². The first kappa shape index (κ1) is 11.5. The van der Waals surface area contributed by atoms with E-state index in [0.29, 0.717) is 0 Å². The summed E-state index contributed by atoms with van der Waals surface area (Å²) in [6.07, 6.45) is 12.1. The van der Waals surface area contributed by atoms with Crippen LogP contribution in [0, 0.1) is 23.2 Å². The minimum absolute atomic E-state index is 0.723. The maximum atomic E-state index is 2.61. The Hall–Kier alpha value is 0. The average Bonchev–Trinajstić information content (AvgIpc) is 1.93. The Kier molecular flexibility index (Phi) is 3.42. The highest BCUT2D eigenvalue weighted by Gasteiger charge is 2.45. The van der Waals surface area contributed by atoms with Crippen LogP contribution in [0.1, 0.15) is 72.1 Å². The van der Waals surface area contributed by atoms with E-state index in [1.807, 2.05) is 0 Å². The zero-order valence-electron chi connectivity index (χ0n) is 10.9. The SMILES string of the molecule is CC(C)CCC(C)(C1CCC1)C1CCC1. The van der Waals surface area contributed by atoms with Gasteiger partial charge < -0.3 is 0 Å². The van der Waals surface area contributed by atoms with Crippen molar-refractivity contribution in [1.82, 2.24) is 0 Å². The van der Waals surface area contributed by atoms with E-state index < -0.39 is 0 Å². The normalized spacial score (nSPS) is 24.0. The van der Waals surface area contributed by atoms with Gasteiger partial charge in [0.05, 0.1) is 0 Å². The quantitative estimate of drug-likeness (QED) is 0.594. The van der Waals surface area contributed by atoms with Crippen LogP contribution < -0.4 is 0 Å². The van der Waals surface area contributed by atoms with Gasteiger partial charge in [-0.3, -0.25) is 0 Å². The molecule has 88 valence electrons. The first-order valence-corrected chi connectivity index (χ1v) is 7.13. The molecule has 2 rings (SSSR count). The van der Waals surface area contributed by atoms with Crippen LogP contribution in [0.25, 0.3) is 0 Å². The van der Waals surface area contributed by atoms with E-state index >= 15 is 0 Å². The third kappa shape index (κ3) is 2.24. The van der Waals surface area contributed by atoms with Crippen molar-refractivity contribution in [3.63, 3.8) is 0 Å². The van der Waals surface area contributed by atoms with Crippen LogP contribution >= 0.6 is 0 Å². The maximum absolute atomic E-state index is 2.61. The Morgan fingerprint density at radius 1 is 1.00 bits per heavy atom. The van der Waals surface area contributed by atoms with E-state index in [9.17, 15) is 0 Å². The summed E-state index contributed by atoms with van der Waals surface area (Å²) in [5.41, 5.74) is 0.723. The minimum Gasteiger partial charge on any atom is -0.0628 e. The van der Waals surface area contributed by atoms with E-state index in [1.54, 1.807) is 0 Å². The lowest BCUT2D eigenvalue weighted by Gasteiger charge is -2.52. The van der Waals surface area contributed by atoms with Gasteiger partial charge in [-0.2, -0.15) is 0 Å². The lowest BCUT2D eigenvalue weighted by Crippen LogP contribution is -2.42. The lowest BCUT2D eigenvalue weighted by molar-refractivity contribution is -0.0144. The third-order valence-electron chi connectivity index (χ3n) is 5.34. The zero-order chi connectivity index (χ0) is 10.9.